The number of amides is 3. The summed E-state index contributed by atoms with van der Waals surface area (Å²) in [5.41, 5.74) is -0.504. The second-order valence-corrected chi connectivity index (χ2v) is 13.9. The van der Waals surface area contributed by atoms with Crippen LogP contribution in [0.25, 0.3) is 5.69 Å². The van der Waals surface area contributed by atoms with Crippen molar-refractivity contribution >= 4 is 17.9 Å². The van der Waals surface area contributed by atoms with Crippen LogP contribution >= 0.6 is 0 Å². The zero-order chi connectivity index (χ0) is 34.5. The van der Waals surface area contributed by atoms with E-state index in [0.29, 0.717) is 51.4 Å². The van der Waals surface area contributed by atoms with E-state index in [-0.39, 0.29) is 49.1 Å². The Morgan fingerprint density at radius 2 is 1.85 bits per heavy atom. The molecule has 260 valence electrons. The number of likely N-dealkylation sites (tertiary alicyclic amines) is 1. The number of hydrogen-bond acceptors (Lipinski definition) is 7. The maximum Gasteiger partial charge on any atom is 0.407 e. The molecule has 1 unspecified atom stereocenters. The molecule has 14 heteroatoms. The Bertz CT molecular complexity index is 1410. The topological polar surface area (TPSA) is 130 Å². The fourth-order valence-electron chi connectivity index (χ4n) is 6.79. The zero-order valence-electron chi connectivity index (χ0n) is 28.2. The molecule has 1 N–H and O–H groups in total. The third kappa shape index (κ3) is 8.26. The summed E-state index contributed by atoms with van der Waals surface area (Å²) in [6.07, 6.45) is 0.549. The van der Waals surface area contributed by atoms with Crippen LogP contribution < -0.4 is 0 Å². The molecule has 1 aromatic carbocycles. The van der Waals surface area contributed by atoms with Crippen molar-refractivity contribution in [2.24, 2.45) is 17.3 Å². The van der Waals surface area contributed by atoms with E-state index in [1.165, 1.54) is 21.7 Å². The van der Waals surface area contributed by atoms with Gasteiger partial charge in [-0.1, -0.05) is 45.9 Å². The van der Waals surface area contributed by atoms with Crippen LogP contribution in [0.2, 0.25) is 0 Å². The van der Waals surface area contributed by atoms with Crippen LogP contribution in [0.1, 0.15) is 70.1 Å². The molecule has 3 heterocycles. The molecule has 2 fully saturated rings. The molecule has 47 heavy (non-hydrogen) atoms. The predicted octanol–water partition coefficient (Wildman–Crippen LogP) is 4.25. The zero-order valence-corrected chi connectivity index (χ0v) is 28.2. The van der Waals surface area contributed by atoms with Gasteiger partial charge in [-0.25, -0.2) is 18.3 Å². The highest BCUT2D eigenvalue weighted by Crippen LogP contribution is 2.38. The number of nitrogens with zero attached hydrogens (tertiary/aromatic N) is 6. The molecule has 0 spiro atoms. The Labute approximate surface area is 275 Å². The first-order chi connectivity index (χ1) is 22.3. The summed E-state index contributed by atoms with van der Waals surface area (Å²) in [6.45, 7) is 12.0. The van der Waals surface area contributed by atoms with Gasteiger partial charge in [0.05, 0.1) is 36.9 Å². The first-order valence-electron chi connectivity index (χ1n) is 16.3. The van der Waals surface area contributed by atoms with E-state index in [2.05, 4.69) is 10.3 Å². The minimum Gasteiger partial charge on any atom is -0.465 e. The summed E-state index contributed by atoms with van der Waals surface area (Å²) in [4.78, 5) is 46.0. The van der Waals surface area contributed by atoms with Gasteiger partial charge in [-0.2, -0.15) is 0 Å². The number of halogens is 2. The Hall–Kier alpha value is -3.65. The molecule has 1 aromatic heterocycles. The van der Waals surface area contributed by atoms with Crippen LogP contribution in [0, 0.1) is 28.9 Å². The molecular formula is C33H48F2N6O6. The Morgan fingerprint density at radius 3 is 2.47 bits per heavy atom. The number of methoxy groups -OCH3 is 1. The molecule has 3 amide bonds. The summed E-state index contributed by atoms with van der Waals surface area (Å²) >= 11 is 0. The molecule has 12 nitrogen and oxygen atoms in total. The fourth-order valence-corrected chi connectivity index (χ4v) is 6.79. The first kappa shape index (κ1) is 36.2. The molecule has 2 aliphatic rings. The van der Waals surface area contributed by atoms with Crippen molar-refractivity contribution in [3.05, 3.63) is 41.2 Å². The maximum atomic E-state index is 15.0. The van der Waals surface area contributed by atoms with Crippen molar-refractivity contribution in [1.29, 1.82) is 0 Å². The van der Waals surface area contributed by atoms with Gasteiger partial charge in [0, 0.05) is 39.9 Å². The lowest BCUT2D eigenvalue weighted by Gasteiger charge is -2.52. The van der Waals surface area contributed by atoms with Gasteiger partial charge in [0.2, 0.25) is 5.91 Å². The number of carbonyl (C=O) groups excluding carboxylic acids is 2. The Kier molecular flexibility index (Phi) is 11.9. The van der Waals surface area contributed by atoms with E-state index in [1.54, 1.807) is 16.9 Å². The first-order valence-corrected chi connectivity index (χ1v) is 16.3. The Balaban J connectivity index is 1.81. The van der Waals surface area contributed by atoms with Crippen LogP contribution in [0.3, 0.4) is 0 Å². The standard InChI is InChI=1S/C33H48F2N6O6/c1-21(2)19-39(26-18-22(30(42)38-13-16-47-17-14-38)20-40(32(44)45)29(26)33(3,4)5)31(43)28-25(11-7-8-15-46-6)41(37-36-28)24-12-9-10-23(34)27(24)35/h9-10,12,21-22,26,29H,7-8,11,13-20H2,1-6H3,(H,44,45)/t22-,26+,29?/m1/s1. The summed E-state index contributed by atoms with van der Waals surface area (Å²) in [5.74, 6) is -3.56. The molecule has 0 bridgehead atoms. The van der Waals surface area contributed by atoms with Gasteiger partial charge in [-0.3, -0.25) is 9.59 Å². The van der Waals surface area contributed by atoms with E-state index in [1.807, 2.05) is 34.6 Å². The van der Waals surface area contributed by atoms with Crippen molar-refractivity contribution in [1.82, 2.24) is 29.7 Å². The predicted molar refractivity (Wildman–Crippen MR) is 169 cm³/mol. The molecule has 0 saturated carbocycles. The molecule has 0 aliphatic carbocycles. The van der Waals surface area contributed by atoms with Gasteiger partial charge in [-0.15, -0.1) is 5.10 Å². The minimum absolute atomic E-state index is 0.00739. The van der Waals surface area contributed by atoms with Gasteiger partial charge in [0.15, 0.2) is 17.3 Å². The Morgan fingerprint density at radius 1 is 1.15 bits per heavy atom. The lowest BCUT2D eigenvalue weighted by Crippen LogP contribution is -2.66. The van der Waals surface area contributed by atoms with Crippen LogP contribution in [0.15, 0.2) is 18.2 Å². The smallest absolute Gasteiger partial charge is 0.407 e. The van der Waals surface area contributed by atoms with Crippen LogP contribution in [0.5, 0.6) is 0 Å². The molecule has 2 saturated heterocycles. The SMILES string of the molecule is COCCCCc1c(C(=O)N(CC(C)C)[C@H]2C[C@@H](C(=O)N3CCOCC3)CN(C(=O)O)C2C(C)(C)C)nnn1-c1cccc(F)c1F. The fraction of sp³-hybridized carbons (Fsp3) is 0.667. The largest absolute Gasteiger partial charge is 0.465 e. The van der Waals surface area contributed by atoms with Crippen molar-refractivity contribution in [2.45, 2.75) is 72.4 Å². The van der Waals surface area contributed by atoms with Gasteiger partial charge >= 0.3 is 6.09 Å². The van der Waals surface area contributed by atoms with Crippen LogP contribution in [-0.2, 0) is 20.7 Å². The van der Waals surface area contributed by atoms with Crippen molar-refractivity contribution < 1.29 is 37.7 Å². The number of carboxylic acid groups (broad SMARTS) is 1. The number of piperidine rings is 1. The lowest BCUT2D eigenvalue weighted by molar-refractivity contribution is -0.144. The number of hydrogen-bond donors (Lipinski definition) is 1. The molecule has 2 aromatic rings. The van der Waals surface area contributed by atoms with Gasteiger partial charge in [0.1, 0.15) is 5.69 Å². The summed E-state index contributed by atoms with van der Waals surface area (Å²) in [6, 6.07) is 2.39. The summed E-state index contributed by atoms with van der Waals surface area (Å²) in [5, 5.41) is 18.8. The van der Waals surface area contributed by atoms with Gasteiger partial charge in [0.25, 0.3) is 5.91 Å². The molecular weight excluding hydrogens is 614 g/mol. The highest BCUT2D eigenvalue weighted by molar-refractivity contribution is 5.94. The van der Waals surface area contributed by atoms with Gasteiger partial charge < -0.3 is 29.3 Å². The van der Waals surface area contributed by atoms with Crippen molar-refractivity contribution in [3.63, 3.8) is 0 Å². The minimum atomic E-state index is -1.17. The van der Waals surface area contributed by atoms with E-state index < -0.39 is 47.1 Å². The highest BCUT2D eigenvalue weighted by Gasteiger charge is 2.50. The number of rotatable bonds is 11. The summed E-state index contributed by atoms with van der Waals surface area (Å²) in [7, 11) is 1.58. The van der Waals surface area contributed by atoms with Gasteiger partial charge in [-0.05, 0) is 49.1 Å². The number of aromatic nitrogens is 3. The van der Waals surface area contributed by atoms with E-state index >= 15 is 4.39 Å². The summed E-state index contributed by atoms with van der Waals surface area (Å²) < 4.78 is 41.1. The molecule has 2 aliphatic heterocycles. The number of benzene rings is 1. The van der Waals surface area contributed by atoms with E-state index in [0.717, 1.165) is 6.07 Å². The van der Waals surface area contributed by atoms with E-state index in [4.69, 9.17) is 9.47 Å². The number of carbonyl (C=O) groups is 3. The van der Waals surface area contributed by atoms with Crippen molar-refractivity contribution in [2.75, 3.05) is 53.1 Å². The van der Waals surface area contributed by atoms with Crippen LogP contribution in [-0.4, -0.2) is 118 Å². The number of ether oxygens (including phenoxy) is 2. The molecule has 0 radical (unpaired) electrons. The van der Waals surface area contributed by atoms with Crippen LogP contribution in [0.4, 0.5) is 13.6 Å². The maximum absolute atomic E-state index is 15.0. The second kappa shape index (κ2) is 15.5. The molecule has 3 atom stereocenters. The van der Waals surface area contributed by atoms with E-state index in [9.17, 15) is 23.9 Å². The third-order valence-corrected chi connectivity index (χ3v) is 8.81. The van der Waals surface area contributed by atoms with Crippen molar-refractivity contribution in [3.8, 4) is 5.69 Å². The monoisotopic (exact) mass is 662 g/mol. The average molecular weight is 663 g/mol. The molecule has 4 rings (SSSR count). The second-order valence-electron chi connectivity index (χ2n) is 13.9. The normalized spacial score (nSPS) is 20.5. The number of unbranched alkanes of at least 4 members (excludes halogenated alkanes) is 1. The number of morpholine rings is 1. The quantitative estimate of drug-likeness (QED) is 0.354. The average Bonchev–Trinajstić information content (AvgIpc) is 3.45. The highest BCUT2D eigenvalue weighted by atomic mass is 19.2. The third-order valence-electron chi connectivity index (χ3n) is 8.81. The lowest BCUT2D eigenvalue weighted by atomic mass is 9.74.